The molecule has 2 amide bonds. The summed E-state index contributed by atoms with van der Waals surface area (Å²) in [5.74, 6) is 0.921. The van der Waals surface area contributed by atoms with Crippen LogP contribution in [0.4, 0.5) is 5.69 Å². The van der Waals surface area contributed by atoms with Crippen LogP contribution in [-0.4, -0.2) is 39.4 Å². The summed E-state index contributed by atoms with van der Waals surface area (Å²) < 4.78 is 11.1. The maximum Gasteiger partial charge on any atom is 0.266 e. The Labute approximate surface area is 170 Å². The molecule has 1 saturated heterocycles. The van der Waals surface area contributed by atoms with E-state index in [4.69, 9.17) is 21.7 Å². The lowest BCUT2D eigenvalue weighted by Gasteiger charge is -2.14. The molecule has 28 heavy (non-hydrogen) atoms. The van der Waals surface area contributed by atoms with E-state index in [9.17, 15) is 9.59 Å². The molecule has 2 aliphatic rings. The molecule has 3 heterocycles. The van der Waals surface area contributed by atoms with Crippen molar-refractivity contribution in [2.24, 2.45) is 0 Å². The summed E-state index contributed by atoms with van der Waals surface area (Å²) in [6, 6.07) is 8.95. The number of nitrogens with one attached hydrogen (secondary N) is 1. The average molecular weight is 413 g/mol. The molecule has 2 aliphatic heterocycles. The van der Waals surface area contributed by atoms with Gasteiger partial charge in [-0.25, -0.2) is 0 Å². The zero-order chi connectivity index (χ0) is 19.5. The molecule has 0 spiro atoms. The summed E-state index contributed by atoms with van der Waals surface area (Å²) in [5, 5.41) is 2.74. The van der Waals surface area contributed by atoms with Crippen LogP contribution in [0, 0.1) is 0 Å². The highest BCUT2D eigenvalue weighted by atomic mass is 32.2. The van der Waals surface area contributed by atoms with Crippen molar-refractivity contribution in [2.45, 2.75) is 6.42 Å². The summed E-state index contributed by atoms with van der Waals surface area (Å²) in [6.45, 7) is 0.414. The Balaban J connectivity index is 1.39. The summed E-state index contributed by atoms with van der Waals surface area (Å²) in [5.41, 5.74) is 1.43. The van der Waals surface area contributed by atoms with E-state index in [2.05, 4.69) is 10.3 Å². The standard InChI is InChI=1S/C19H15N3O4S2/c23-17(21-13-2-1-6-20-10-13)5-7-22-18(24)16(28-19(22)27)9-12-3-4-14-15(8-12)26-11-25-14/h1-4,6,8-10H,5,7,11H2,(H,21,23). The molecule has 0 unspecified atom stereocenters. The van der Waals surface area contributed by atoms with Crippen molar-refractivity contribution in [1.29, 1.82) is 0 Å². The van der Waals surface area contributed by atoms with Gasteiger partial charge >= 0.3 is 0 Å². The van der Waals surface area contributed by atoms with Crippen molar-refractivity contribution in [3.8, 4) is 11.5 Å². The molecule has 7 nitrogen and oxygen atoms in total. The highest BCUT2D eigenvalue weighted by molar-refractivity contribution is 8.26. The third-order valence-corrected chi connectivity index (χ3v) is 5.45. The quantitative estimate of drug-likeness (QED) is 0.596. The zero-order valence-corrected chi connectivity index (χ0v) is 16.2. The Morgan fingerprint density at radius 2 is 2.18 bits per heavy atom. The van der Waals surface area contributed by atoms with Crippen molar-refractivity contribution < 1.29 is 19.1 Å². The van der Waals surface area contributed by atoms with Crippen LogP contribution in [0.2, 0.25) is 0 Å². The van der Waals surface area contributed by atoms with Crippen LogP contribution >= 0.6 is 24.0 Å². The molecule has 0 radical (unpaired) electrons. The monoisotopic (exact) mass is 413 g/mol. The van der Waals surface area contributed by atoms with Crippen molar-refractivity contribution in [3.63, 3.8) is 0 Å². The van der Waals surface area contributed by atoms with Crippen LogP contribution in [0.1, 0.15) is 12.0 Å². The molecule has 142 valence electrons. The predicted octanol–water partition coefficient (Wildman–Crippen LogP) is 3.04. The Morgan fingerprint density at radius 3 is 3.00 bits per heavy atom. The minimum atomic E-state index is -0.207. The maximum absolute atomic E-state index is 12.7. The Kier molecular flexibility index (Phi) is 5.27. The number of carbonyl (C=O) groups is 2. The number of hydrogen-bond acceptors (Lipinski definition) is 7. The number of benzene rings is 1. The second-order valence-electron chi connectivity index (χ2n) is 5.99. The fourth-order valence-corrected chi connectivity index (χ4v) is 4.03. The van der Waals surface area contributed by atoms with Crippen LogP contribution < -0.4 is 14.8 Å². The van der Waals surface area contributed by atoms with Gasteiger partial charge in [-0.05, 0) is 35.9 Å². The topological polar surface area (TPSA) is 80.8 Å². The number of ether oxygens (including phenoxy) is 2. The summed E-state index contributed by atoms with van der Waals surface area (Å²) in [4.78, 5) is 30.7. The van der Waals surface area contributed by atoms with Gasteiger partial charge in [-0.2, -0.15) is 0 Å². The van der Waals surface area contributed by atoms with Crippen molar-refractivity contribution in [1.82, 2.24) is 9.88 Å². The van der Waals surface area contributed by atoms with Gasteiger partial charge in [0.25, 0.3) is 5.91 Å². The SMILES string of the molecule is O=C(CCN1C(=O)C(=Cc2ccc3c(c2)OCO3)SC1=S)Nc1cccnc1. The lowest BCUT2D eigenvalue weighted by Crippen LogP contribution is -2.31. The van der Waals surface area contributed by atoms with Gasteiger partial charge in [-0.3, -0.25) is 19.5 Å². The number of rotatable bonds is 5. The third-order valence-electron chi connectivity index (χ3n) is 4.08. The molecule has 4 rings (SSSR count). The molecule has 1 fully saturated rings. The van der Waals surface area contributed by atoms with E-state index in [0.29, 0.717) is 26.4 Å². The molecule has 0 atom stereocenters. The van der Waals surface area contributed by atoms with Crippen molar-refractivity contribution in [3.05, 3.63) is 53.2 Å². The predicted molar refractivity (Wildman–Crippen MR) is 110 cm³/mol. The minimum absolute atomic E-state index is 0.138. The average Bonchev–Trinajstić information content (AvgIpc) is 3.25. The van der Waals surface area contributed by atoms with Crippen molar-refractivity contribution in [2.75, 3.05) is 18.7 Å². The fraction of sp³-hybridized carbons (Fsp3) is 0.158. The van der Waals surface area contributed by atoms with Gasteiger partial charge in [0.05, 0.1) is 16.8 Å². The number of nitrogens with zero attached hydrogens (tertiary/aromatic N) is 2. The second kappa shape index (κ2) is 7.99. The van der Waals surface area contributed by atoms with Gasteiger partial charge in [0, 0.05) is 19.2 Å². The van der Waals surface area contributed by atoms with E-state index in [1.165, 1.54) is 16.7 Å². The lowest BCUT2D eigenvalue weighted by molar-refractivity contribution is -0.122. The molecule has 1 aromatic carbocycles. The molecular formula is C19H15N3O4S2. The number of hydrogen-bond donors (Lipinski definition) is 1. The van der Waals surface area contributed by atoms with Gasteiger partial charge in [0.1, 0.15) is 4.32 Å². The Hall–Kier alpha value is -2.91. The Bertz CT molecular complexity index is 978. The fourth-order valence-electron chi connectivity index (χ4n) is 2.72. The molecule has 0 bridgehead atoms. The van der Waals surface area contributed by atoms with Crippen molar-refractivity contribution >= 4 is 51.9 Å². The lowest BCUT2D eigenvalue weighted by atomic mass is 10.2. The maximum atomic E-state index is 12.7. The third kappa shape index (κ3) is 4.00. The van der Waals surface area contributed by atoms with E-state index < -0.39 is 0 Å². The van der Waals surface area contributed by atoms with Gasteiger partial charge in [0.15, 0.2) is 11.5 Å². The number of amides is 2. The highest BCUT2D eigenvalue weighted by Crippen LogP contribution is 2.36. The first kappa shape index (κ1) is 18.5. The summed E-state index contributed by atoms with van der Waals surface area (Å²) in [7, 11) is 0. The summed E-state index contributed by atoms with van der Waals surface area (Å²) >= 11 is 6.53. The number of aromatic nitrogens is 1. The first-order valence-corrected chi connectivity index (χ1v) is 9.67. The van der Waals surface area contributed by atoms with Crippen LogP contribution in [0.5, 0.6) is 11.5 Å². The van der Waals surface area contributed by atoms with Crippen LogP contribution in [0.25, 0.3) is 6.08 Å². The van der Waals surface area contributed by atoms with Crippen LogP contribution in [0.3, 0.4) is 0 Å². The number of anilines is 1. The van der Waals surface area contributed by atoms with Crippen LogP contribution in [-0.2, 0) is 9.59 Å². The van der Waals surface area contributed by atoms with Gasteiger partial charge in [-0.1, -0.05) is 30.0 Å². The molecule has 2 aromatic rings. The summed E-state index contributed by atoms with van der Waals surface area (Å²) in [6.07, 6.45) is 5.09. The number of fused-ring (bicyclic) bond motifs is 1. The molecule has 9 heteroatoms. The largest absolute Gasteiger partial charge is 0.454 e. The van der Waals surface area contributed by atoms with Gasteiger partial charge < -0.3 is 14.8 Å². The molecular weight excluding hydrogens is 398 g/mol. The normalized spacial score (nSPS) is 16.7. The molecule has 1 N–H and O–H groups in total. The molecule has 0 aliphatic carbocycles. The highest BCUT2D eigenvalue weighted by Gasteiger charge is 2.32. The number of thioether (sulfide) groups is 1. The van der Waals surface area contributed by atoms with E-state index in [-0.39, 0.29) is 31.6 Å². The van der Waals surface area contributed by atoms with Gasteiger partial charge in [0.2, 0.25) is 12.7 Å². The Morgan fingerprint density at radius 1 is 1.32 bits per heavy atom. The van der Waals surface area contributed by atoms with E-state index in [1.807, 2.05) is 12.1 Å². The van der Waals surface area contributed by atoms with E-state index in [0.717, 1.165) is 5.56 Å². The molecule has 1 aromatic heterocycles. The minimum Gasteiger partial charge on any atom is -0.454 e. The number of thiocarbonyl (C=S) groups is 1. The second-order valence-corrected chi connectivity index (χ2v) is 7.66. The number of carbonyl (C=O) groups excluding carboxylic acids is 2. The van der Waals surface area contributed by atoms with E-state index in [1.54, 1.807) is 36.7 Å². The smallest absolute Gasteiger partial charge is 0.266 e. The first-order valence-electron chi connectivity index (χ1n) is 8.45. The number of pyridine rings is 1. The van der Waals surface area contributed by atoms with Crippen LogP contribution in [0.15, 0.2) is 47.6 Å². The molecule has 0 saturated carbocycles. The zero-order valence-electron chi connectivity index (χ0n) is 14.6. The van der Waals surface area contributed by atoms with Gasteiger partial charge in [-0.15, -0.1) is 0 Å². The first-order chi connectivity index (χ1) is 13.6. The van der Waals surface area contributed by atoms with E-state index >= 15 is 0 Å².